The van der Waals surface area contributed by atoms with Gasteiger partial charge in [-0.15, -0.1) is 0 Å². The Balaban J connectivity index is 1.84. The maximum Gasteiger partial charge on any atom is 0.248 e. The Hall–Kier alpha value is -2.88. The third kappa shape index (κ3) is 3.00. The SMILES string of the molecule is Cc1ccc2nccc(NC(=O)/C=C/c3ccco3)c2c1. The zero-order valence-electron chi connectivity index (χ0n) is 11.5. The molecule has 0 aliphatic rings. The second-order valence-corrected chi connectivity index (χ2v) is 4.72. The van der Waals surface area contributed by atoms with Gasteiger partial charge in [-0.3, -0.25) is 9.78 Å². The highest BCUT2D eigenvalue weighted by atomic mass is 16.3. The molecule has 1 amide bonds. The number of nitrogens with one attached hydrogen (secondary N) is 1. The van der Waals surface area contributed by atoms with Crippen LogP contribution in [0.3, 0.4) is 0 Å². The van der Waals surface area contributed by atoms with Crippen molar-refractivity contribution >= 4 is 28.6 Å². The van der Waals surface area contributed by atoms with Crippen LogP contribution in [0.15, 0.2) is 59.4 Å². The lowest BCUT2D eigenvalue weighted by Gasteiger charge is -2.07. The number of anilines is 1. The van der Waals surface area contributed by atoms with E-state index in [9.17, 15) is 4.79 Å². The monoisotopic (exact) mass is 278 g/mol. The Morgan fingerprint density at radius 3 is 3.00 bits per heavy atom. The van der Waals surface area contributed by atoms with E-state index < -0.39 is 0 Å². The van der Waals surface area contributed by atoms with E-state index in [2.05, 4.69) is 10.3 Å². The minimum absolute atomic E-state index is 0.208. The molecule has 4 heteroatoms. The van der Waals surface area contributed by atoms with Gasteiger partial charge in [0.25, 0.3) is 0 Å². The van der Waals surface area contributed by atoms with Crippen LogP contribution < -0.4 is 5.32 Å². The van der Waals surface area contributed by atoms with Crippen molar-refractivity contribution in [3.8, 4) is 0 Å². The standard InChI is InChI=1S/C17H14N2O2/c1-12-4-6-15-14(11-12)16(8-9-18-15)19-17(20)7-5-13-3-2-10-21-13/h2-11H,1H3,(H,18,19,20)/b7-5+. The predicted octanol–water partition coefficient (Wildman–Crippen LogP) is 3.79. The molecule has 2 heterocycles. The zero-order valence-corrected chi connectivity index (χ0v) is 11.5. The van der Waals surface area contributed by atoms with Gasteiger partial charge in [0, 0.05) is 17.7 Å². The summed E-state index contributed by atoms with van der Waals surface area (Å²) in [7, 11) is 0. The van der Waals surface area contributed by atoms with Gasteiger partial charge in [-0.2, -0.15) is 0 Å². The molecule has 0 unspecified atom stereocenters. The molecule has 1 aromatic carbocycles. The number of furan rings is 1. The summed E-state index contributed by atoms with van der Waals surface area (Å²) < 4.78 is 5.14. The molecule has 3 aromatic rings. The van der Waals surface area contributed by atoms with Crippen molar-refractivity contribution in [3.63, 3.8) is 0 Å². The van der Waals surface area contributed by atoms with Crippen LogP contribution in [0.2, 0.25) is 0 Å². The predicted molar refractivity (Wildman–Crippen MR) is 82.9 cm³/mol. The van der Waals surface area contributed by atoms with Crippen molar-refractivity contribution in [3.05, 3.63) is 66.3 Å². The molecular formula is C17H14N2O2. The number of benzene rings is 1. The number of aromatic nitrogens is 1. The van der Waals surface area contributed by atoms with E-state index in [-0.39, 0.29) is 5.91 Å². The number of amides is 1. The van der Waals surface area contributed by atoms with E-state index in [1.807, 2.05) is 25.1 Å². The number of carbonyl (C=O) groups is 1. The Morgan fingerprint density at radius 1 is 1.29 bits per heavy atom. The zero-order chi connectivity index (χ0) is 14.7. The third-order valence-electron chi connectivity index (χ3n) is 3.10. The van der Waals surface area contributed by atoms with Gasteiger partial charge in [0.05, 0.1) is 17.5 Å². The molecular weight excluding hydrogens is 264 g/mol. The van der Waals surface area contributed by atoms with Gasteiger partial charge in [-0.1, -0.05) is 11.6 Å². The smallest absolute Gasteiger partial charge is 0.248 e. The molecule has 0 aliphatic carbocycles. The highest BCUT2D eigenvalue weighted by Crippen LogP contribution is 2.22. The van der Waals surface area contributed by atoms with Crippen LogP contribution in [0.4, 0.5) is 5.69 Å². The fourth-order valence-electron chi connectivity index (χ4n) is 2.09. The molecule has 0 fully saturated rings. The first-order valence-electron chi connectivity index (χ1n) is 6.60. The van der Waals surface area contributed by atoms with Gasteiger partial charge >= 0.3 is 0 Å². The minimum Gasteiger partial charge on any atom is -0.465 e. The first kappa shape index (κ1) is 13.1. The summed E-state index contributed by atoms with van der Waals surface area (Å²) in [5, 5.41) is 3.80. The van der Waals surface area contributed by atoms with Crippen LogP contribution >= 0.6 is 0 Å². The van der Waals surface area contributed by atoms with E-state index >= 15 is 0 Å². The van der Waals surface area contributed by atoms with Crippen molar-refractivity contribution in [2.75, 3.05) is 5.32 Å². The number of fused-ring (bicyclic) bond motifs is 1. The van der Waals surface area contributed by atoms with E-state index in [0.29, 0.717) is 5.76 Å². The van der Waals surface area contributed by atoms with Gasteiger partial charge in [-0.05, 0) is 43.3 Å². The van der Waals surface area contributed by atoms with Crippen LogP contribution in [0.5, 0.6) is 0 Å². The van der Waals surface area contributed by atoms with Crippen LogP contribution in [0.25, 0.3) is 17.0 Å². The van der Waals surface area contributed by atoms with Gasteiger partial charge in [0.15, 0.2) is 0 Å². The summed E-state index contributed by atoms with van der Waals surface area (Å²) in [5.41, 5.74) is 2.73. The van der Waals surface area contributed by atoms with Gasteiger partial charge in [0.2, 0.25) is 5.91 Å². The molecule has 0 bridgehead atoms. The van der Waals surface area contributed by atoms with Gasteiger partial charge in [-0.25, -0.2) is 0 Å². The van der Waals surface area contributed by atoms with Crippen LogP contribution in [0, 0.1) is 6.92 Å². The van der Waals surface area contributed by atoms with Crippen LogP contribution in [-0.2, 0) is 4.79 Å². The molecule has 104 valence electrons. The molecule has 4 nitrogen and oxygen atoms in total. The Bertz CT molecular complexity index is 805. The molecule has 2 aromatic heterocycles. The normalized spacial score (nSPS) is 11.1. The summed E-state index contributed by atoms with van der Waals surface area (Å²) in [4.78, 5) is 16.3. The number of hydrogen-bond donors (Lipinski definition) is 1. The molecule has 21 heavy (non-hydrogen) atoms. The second kappa shape index (κ2) is 5.63. The first-order chi connectivity index (χ1) is 10.2. The fourth-order valence-corrected chi connectivity index (χ4v) is 2.09. The summed E-state index contributed by atoms with van der Waals surface area (Å²) >= 11 is 0. The number of nitrogens with zero attached hydrogens (tertiary/aromatic N) is 1. The van der Waals surface area contributed by atoms with Crippen molar-refractivity contribution in [2.45, 2.75) is 6.92 Å². The fraction of sp³-hybridized carbons (Fsp3) is 0.0588. The summed E-state index contributed by atoms with van der Waals surface area (Å²) in [6.07, 6.45) is 6.32. The van der Waals surface area contributed by atoms with Crippen molar-refractivity contribution in [1.29, 1.82) is 0 Å². The maximum absolute atomic E-state index is 12.0. The lowest BCUT2D eigenvalue weighted by Crippen LogP contribution is -2.08. The summed E-state index contributed by atoms with van der Waals surface area (Å²) in [6.45, 7) is 2.01. The van der Waals surface area contributed by atoms with E-state index in [0.717, 1.165) is 22.2 Å². The average Bonchev–Trinajstić information content (AvgIpc) is 2.99. The quantitative estimate of drug-likeness (QED) is 0.742. The van der Waals surface area contributed by atoms with E-state index in [1.165, 1.54) is 6.08 Å². The molecule has 3 rings (SSSR count). The Morgan fingerprint density at radius 2 is 2.19 bits per heavy atom. The average molecular weight is 278 g/mol. The van der Waals surface area contributed by atoms with E-state index in [1.54, 1.807) is 36.7 Å². The lowest BCUT2D eigenvalue weighted by molar-refractivity contribution is -0.111. The largest absolute Gasteiger partial charge is 0.465 e. The van der Waals surface area contributed by atoms with Crippen molar-refractivity contribution < 1.29 is 9.21 Å². The van der Waals surface area contributed by atoms with Gasteiger partial charge < -0.3 is 9.73 Å². The highest BCUT2D eigenvalue weighted by Gasteiger charge is 2.04. The molecule has 0 saturated heterocycles. The minimum atomic E-state index is -0.208. The maximum atomic E-state index is 12.0. The number of carbonyl (C=O) groups excluding carboxylic acids is 1. The third-order valence-corrected chi connectivity index (χ3v) is 3.10. The Labute approximate surface area is 122 Å². The number of rotatable bonds is 3. The number of pyridine rings is 1. The summed E-state index contributed by atoms with van der Waals surface area (Å²) in [6, 6.07) is 11.3. The molecule has 0 spiro atoms. The molecule has 0 aliphatic heterocycles. The first-order valence-corrected chi connectivity index (χ1v) is 6.60. The summed E-state index contributed by atoms with van der Waals surface area (Å²) in [5.74, 6) is 0.431. The molecule has 0 radical (unpaired) electrons. The van der Waals surface area contributed by atoms with Crippen molar-refractivity contribution in [2.24, 2.45) is 0 Å². The molecule has 1 N–H and O–H groups in total. The van der Waals surface area contributed by atoms with Crippen molar-refractivity contribution in [1.82, 2.24) is 4.98 Å². The second-order valence-electron chi connectivity index (χ2n) is 4.72. The number of hydrogen-bond acceptors (Lipinski definition) is 3. The lowest BCUT2D eigenvalue weighted by atomic mass is 10.1. The van der Waals surface area contributed by atoms with Crippen LogP contribution in [0.1, 0.15) is 11.3 Å². The Kier molecular flexibility index (Phi) is 3.51. The van der Waals surface area contributed by atoms with E-state index in [4.69, 9.17) is 4.42 Å². The van der Waals surface area contributed by atoms with Gasteiger partial charge in [0.1, 0.15) is 5.76 Å². The highest BCUT2D eigenvalue weighted by molar-refractivity contribution is 6.06. The molecule has 0 atom stereocenters. The molecule has 0 saturated carbocycles. The number of aryl methyl sites for hydroxylation is 1. The topological polar surface area (TPSA) is 55.1 Å². The van der Waals surface area contributed by atoms with Crippen LogP contribution in [-0.4, -0.2) is 10.9 Å².